The van der Waals surface area contributed by atoms with E-state index < -0.39 is 0 Å². The fourth-order valence-corrected chi connectivity index (χ4v) is 3.58. The normalized spacial score (nSPS) is 14.1. The zero-order chi connectivity index (χ0) is 19.1. The van der Waals surface area contributed by atoms with E-state index in [4.69, 9.17) is 16.3 Å². The average Bonchev–Trinajstić information content (AvgIpc) is 2.69. The van der Waals surface area contributed by atoms with E-state index in [-0.39, 0.29) is 5.91 Å². The van der Waals surface area contributed by atoms with Crippen LogP contribution < -0.4 is 15.0 Å². The fraction of sp³-hybridized carbons (Fsp3) is 0.409. The van der Waals surface area contributed by atoms with Crippen LogP contribution >= 0.6 is 11.6 Å². The number of nitrogens with one attached hydrogen (secondary N) is 1. The van der Waals surface area contributed by atoms with Gasteiger partial charge in [-0.2, -0.15) is 0 Å². The molecule has 1 N–H and O–H groups in total. The molecule has 3 rings (SSSR count). The number of amides is 1. The van der Waals surface area contributed by atoms with Gasteiger partial charge in [-0.1, -0.05) is 31.0 Å². The number of piperidine rings is 1. The van der Waals surface area contributed by atoms with Crippen LogP contribution in [-0.4, -0.2) is 25.6 Å². The molecule has 1 fully saturated rings. The molecule has 0 spiro atoms. The lowest BCUT2D eigenvalue weighted by molar-refractivity contribution is 0.102. The second-order valence-electron chi connectivity index (χ2n) is 6.86. The Hall–Kier alpha value is -2.20. The zero-order valence-electron chi connectivity index (χ0n) is 15.8. The standard InChI is InChI=1S/C22H27ClN2O2/c1-2-3-16-27-18-12-10-17(11-13-18)22(26)24-20-9-7-8-19(23)21(20)25-14-5-4-6-15-25/h7-13H,2-6,14-16H2,1H3,(H,24,26). The monoisotopic (exact) mass is 386 g/mol. The Morgan fingerprint density at radius 1 is 1.11 bits per heavy atom. The summed E-state index contributed by atoms with van der Waals surface area (Å²) in [5, 5.41) is 3.71. The minimum atomic E-state index is -0.143. The Morgan fingerprint density at radius 3 is 2.56 bits per heavy atom. The molecule has 0 bridgehead atoms. The van der Waals surface area contributed by atoms with Gasteiger partial charge in [-0.25, -0.2) is 0 Å². The van der Waals surface area contributed by atoms with Crippen molar-refractivity contribution in [3.63, 3.8) is 0 Å². The summed E-state index contributed by atoms with van der Waals surface area (Å²) in [6.45, 7) is 4.77. The molecule has 5 heteroatoms. The summed E-state index contributed by atoms with van der Waals surface area (Å²) in [5.74, 6) is 0.646. The molecule has 0 aliphatic carbocycles. The van der Waals surface area contributed by atoms with Crippen molar-refractivity contribution in [1.29, 1.82) is 0 Å². The molecule has 2 aromatic carbocycles. The lowest BCUT2D eigenvalue weighted by atomic mass is 10.1. The summed E-state index contributed by atoms with van der Waals surface area (Å²) in [5.41, 5.74) is 2.28. The number of anilines is 2. The summed E-state index contributed by atoms with van der Waals surface area (Å²) in [6.07, 6.45) is 5.67. The third kappa shape index (κ3) is 5.16. The number of halogens is 1. The van der Waals surface area contributed by atoms with Crippen molar-refractivity contribution in [3.8, 4) is 5.75 Å². The largest absolute Gasteiger partial charge is 0.494 e. The quantitative estimate of drug-likeness (QED) is 0.615. The van der Waals surface area contributed by atoms with Gasteiger partial charge < -0.3 is 15.0 Å². The number of hydrogen-bond donors (Lipinski definition) is 1. The van der Waals surface area contributed by atoms with Crippen LogP contribution in [0, 0.1) is 0 Å². The maximum atomic E-state index is 12.7. The molecule has 144 valence electrons. The summed E-state index contributed by atoms with van der Waals surface area (Å²) >= 11 is 6.46. The molecule has 1 aliphatic heterocycles. The van der Waals surface area contributed by atoms with Crippen LogP contribution in [0.5, 0.6) is 5.75 Å². The van der Waals surface area contributed by atoms with E-state index in [2.05, 4.69) is 17.1 Å². The summed E-state index contributed by atoms with van der Waals surface area (Å²) < 4.78 is 5.66. The molecule has 0 unspecified atom stereocenters. The van der Waals surface area contributed by atoms with E-state index >= 15 is 0 Å². The van der Waals surface area contributed by atoms with Crippen molar-refractivity contribution in [2.45, 2.75) is 39.0 Å². The number of carbonyl (C=O) groups is 1. The van der Waals surface area contributed by atoms with Gasteiger partial charge in [0.15, 0.2) is 0 Å². The Bertz CT molecular complexity index is 755. The third-order valence-electron chi connectivity index (χ3n) is 4.79. The minimum absolute atomic E-state index is 0.143. The van der Waals surface area contributed by atoms with Crippen molar-refractivity contribution in [1.82, 2.24) is 0 Å². The van der Waals surface area contributed by atoms with Crippen molar-refractivity contribution >= 4 is 28.9 Å². The van der Waals surface area contributed by atoms with Gasteiger partial charge in [0, 0.05) is 18.7 Å². The fourth-order valence-electron chi connectivity index (χ4n) is 3.29. The third-order valence-corrected chi connectivity index (χ3v) is 5.10. The van der Waals surface area contributed by atoms with Crippen molar-refractivity contribution < 1.29 is 9.53 Å². The van der Waals surface area contributed by atoms with Crippen molar-refractivity contribution in [2.75, 3.05) is 29.9 Å². The van der Waals surface area contributed by atoms with Crippen molar-refractivity contribution in [3.05, 3.63) is 53.1 Å². The zero-order valence-corrected chi connectivity index (χ0v) is 16.6. The molecule has 2 aromatic rings. The number of unbranched alkanes of at least 4 members (excludes halogenated alkanes) is 1. The van der Waals surface area contributed by atoms with Crippen molar-refractivity contribution in [2.24, 2.45) is 0 Å². The van der Waals surface area contributed by atoms with Crippen LogP contribution in [0.1, 0.15) is 49.4 Å². The minimum Gasteiger partial charge on any atom is -0.494 e. The average molecular weight is 387 g/mol. The summed E-state index contributed by atoms with van der Waals surface area (Å²) in [7, 11) is 0. The second-order valence-corrected chi connectivity index (χ2v) is 7.27. The molecule has 27 heavy (non-hydrogen) atoms. The summed E-state index contributed by atoms with van der Waals surface area (Å²) in [4.78, 5) is 15.0. The predicted molar refractivity (Wildman–Crippen MR) is 112 cm³/mol. The lowest BCUT2D eigenvalue weighted by Crippen LogP contribution is -2.30. The highest BCUT2D eigenvalue weighted by Crippen LogP contribution is 2.35. The predicted octanol–water partition coefficient (Wildman–Crippen LogP) is 5.76. The van der Waals surface area contributed by atoms with E-state index in [0.29, 0.717) is 17.2 Å². The first-order valence-corrected chi connectivity index (χ1v) is 10.1. The first-order valence-electron chi connectivity index (χ1n) is 9.76. The molecule has 0 atom stereocenters. The van der Waals surface area contributed by atoms with Gasteiger partial charge in [0.2, 0.25) is 0 Å². The second kappa shape index (κ2) is 9.65. The van der Waals surface area contributed by atoms with Gasteiger partial charge in [-0.05, 0) is 62.1 Å². The number of ether oxygens (including phenoxy) is 1. The van der Waals surface area contributed by atoms with Gasteiger partial charge in [0.1, 0.15) is 5.75 Å². The van der Waals surface area contributed by atoms with E-state index in [1.807, 2.05) is 30.3 Å². The number of para-hydroxylation sites is 1. The van der Waals surface area contributed by atoms with Crippen LogP contribution in [0.2, 0.25) is 5.02 Å². The first kappa shape index (κ1) is 19.6. The maximum Gasteiger partial charge on any atom is 0.255 e. The van der Waals surface area contributed by atoms with E-state index in [9.17, 15) is 4.79 Å². The molecule has 0 saturated carbocycles. The van der Waals surface area contributed by atoms with E-state index in [1.54, 1.807) is 12.1 Å². The van der Waals surface area contributed by atoms with Gasteiger partial charge in [0.25, 0.3) is 5.91 Å². The Morgan fingerprint density at radius 2 is 1.85 bits per heavy atom. The van der Waals surface area contributed by atoms with Gasteiger partial charge in [-0.3, -0.25) is 4.79 Å². The number of rotatable bonds is 7. The number of carbonyl (C=O) groups excluding carboxylic acids is 1. The van der Waals surface area contributed by atoms with Gasteiger partial charge >= 0.3 is 0 Å². The molecule has 1 aliphatic rings. The highest BCUT2D eigenvalue weighted by molar-refractivity contribution is 6.34. The SMILES string of the molecule is CCCCOc1ccc(C(=O)Nc2cccc(Cl)c2N2CCCCC2)cc1. The van der Waals surface area contributed by atoms with Crippen LogP contribution in [0.25, 0.3) is 0 Å². The molecule has 1 amide bonds. The molecule has 0 radical (unpaired) electrons. The topological polar surface area (TPSA) is 41.6 Å². The van der Waals surface area contributed by atoms with Crippen LogP contribution in [0.15, 0.2) is 42.5 Å². The molecule has 1 heterocycles. The smallest absolute Gasteiger partial charge is 0.255 e. The molecule has 1 saturated heterocycles. The highest BCUT2D eigenvalue weighted by atomic mass is 35.5. The molecular formula is C22H27ClN2O2. The number of nitrogens with zero attached hydrogens (tertiary/aromatic N) is 1. The van der Waals surface area contributed by atoms with E-state index in [0.717, 1.165) is 55.9 Å². The maximum absolute atomic E-state index is 12.7. The summed E-state index contributed by atoms with van der Waals surface area (Å²) in [6, 6.07) is 12.9. The van der Waals surface area contributed by atoms with Crippen LogP contribution in [0.3, 0.4) is 0 Å². The lowest BCUT2D eigenvalue weighted by Gasteiger charge is -2.31. The van der Waals surface area contributed by atoms with Gasteiger partial charge in [-0.15, -0.1) is 0 Å². The van der Waals surface area contributed by atoms with Crippen LogP contribution in [0.4, 0.5) is 11.4 Å². The number of hydrogen-bond acceptors (Lipinski definition) is 3. The Balaban J connectivity index is 1.71. The Kier molecular flexibility index (Phi) is 6.99. The Labute approximate surface area is 166 Å². The molecule has 0 aromatic heterocycles. The highest BCUT2D eigenvalue weighted by Gasteiger charge is 2.19. The van der Waals surface area contributed by atoms with Gasteiger partial charge in [0.05, 0.1) is 23.0 Å². The molecular weight excluding hydrogens is 360 g/mol. The van der Waals surface area contributed by atoms with Crippen LogP contribution in [-0.2, 0) is 0 Å². The van der Waals surface area contributed by atoms with E-state index in [1.165, 1.54) is 6.42 Å². The first-order chi connectivity index (χ1) is 13.2. The molecule has 4 nitrogen and oxygen atoms in total. The number of benzene rings is 2.